The van der Waals surface area contributed by atoms with Crippen LogP contribution >= 0.6 is 0 Å². The quantitative estimate of drug-likeness (QED) is 0.0795. The van der Waals surface area contributed by atoms with Gasteiger partial charge >= 0.3 is 6.03 Å². The maximum atomic E-state index is 11.9. The van der Waals surface area contributed by atoms with Crippen LogP contribution in [0.4, 0.5) is 16.2 Å². The zero-order valence-electron chi connectivity index (χ0n) is 22.6. The molecule has 3 amide bonds. The summed E-state index contributed by atoms with van der Waals surface area (Å²) in [6.07, 6.45) is 4.97. The number of nitro benzene ring substituents is 1. The van der Waals surface area contributed by atoms with Crippen molar-refractivity contribution in [3.8, 4) is 5.88 Å². The number of carbonyl (C=O) groups is 2. The monoisotopic (exact) mass is 564 g/mol. The van der Waals surface area contributed by atoms with E-state index < -0.39 is 16.9 Å². The summed E-state index contributed by atoms with van der Waals surface area (Å²) >= 11 is 0. The Morgan fingerprint density at radius 1 is 1.00 bits per heavy atom. The van der Waals surface area contributed by atoms with Gasteiger partial charge in [0.1, 0.15) is 5.70 Å². The van der Waals surface area contributed by atoms with Gasteiger partial charge in [-0.15, -0.1) is 0 Å². The molecule has 3 heterocycles. The number of aromatic hydroxyl groups is 1. The molecule has 1 aromatic heterocycles. The highest BCUT2D eigenvalue weighted by Gasteiger charge is 2.23. The third-order valence-electron chi connectivity index (χ3n) is 7.52. The van der Waals surface area contributed by atoms with Gasteiger partial charge in [-0.05, 0) is 67.8 Å². The Hall–Kier alpha value is -5.29. The average Bonchev–Trinajstić information content (AvgIpc) is 3.70. The van der Waals surface area contributed by atoms with Crippen LogP contribution in [0.15, 0.2) is 77.4 Å². The molecule has 6 rings (SSSR count). The van der Waals surface area contributed by atoms with Crippen LogP contribution in [0.1, 0.15) is 35.1 Å². The number of rotatable bonds is 8. The van der Waals surface area contributed by atoms with Crippen LogP contribution in [0.3, 0.4) is 0 Å². The molecule has 42 heavy (non-hydrogen) atoms. The first-order chi connectivity index (χ1) is 20.3. The predicted octanol–water partition coefficient (Wildman–Crippen LogP) is 4.77. The number of amides is 3. The lowest BCUT2D eigenvalue weighted by atomic mass is 9.98. The molecule has 0 atom stereocenters. The SMILES string of the molecule is O=C1NC(=O)C(=Cc2ccc(N=C(c3ccc(CCN4CCCC4)cc3)c3c(O)[nH]c4ccc([N+](=O)[O-])cc34)cc2)N1. The minimum atomic E-state index is -0.571. The molecule has 11 heteroatoms. The number of nitro groups is 1. The topological polar surface area (TPSA) is 153 Å². The molecule has 2 fully saturated rings. The second-order valence-corrected chi connectivity index (χ2v) is 10.3. The van der Waals surface area contributed by atoms with Crippen LogP contribution in [0.25, 0.3) is 17.0 Å². The molecule has 0 spiro atoms. The largest absolute Gasteiger partial charge is 0.494 e. The number of fused-ring (bicyclic) bond motifs is 1. The number of benzene rings is 3. The van der Waals surface area contributed by atoms with Crippen molar-refractivity contribution < 1.29 is 19.6 Å². The number of carbonyl (C=O) groups excluding carboxylic acids is 2. The number of imide groups is 1. The molecule has 4 aromatic rings. The molecular weight excluding hydrogens is 536 g/mol. The summed E-state index contributed by atoms with van der Waals surface area (Å²) in [5.74, 6) is -0.649. The average molecular weight is 565 g/mol. The maximum absolute atomic E-state index is 11.9. The van der Waals surface area contributed by atoms with Gasteiger partial charge in [0, 0.05) is 35.1 Å². The predicted molar refractivity (Wildman–Crippen MR) is 159 cm³/mol. The lowest BCUT2D eigenvalue weighted by Crippen LogP contribution is -2.22. The standard InChI is InChI=1S/C31H28N6O5/c38-29-26(34-31(40)35-29)17-20-5-9-22(10-6-20)32-28(21-7-3-19(4-8-21)13-16-36-14-1-2-15-36)27-24-18-23(37(41)42)11-12-25(24)33-30(27)39/h3-12,17-18,33,39H,1-2,13-16H2,(H2,34,35,38,40). The van der Waals surface area contributed by atoms with E-state index in [1.165, 1.54) is 30.5 Å². The minimum absolute atomic E-state index is 0.0974. The first kappa shape index (κ1) is 26.9. The first-order valence-electron chi connectivity index (χ1n) is 13.7. The number of hydrogen-bond acceptors (Lipinski definition) is 7. The van der Waals surface area contributed by atoms with Crippen LogP contribution in [-0.2, 0) is 11.2 Å². The zero-order valence-corrected chi connectivity index (χ0v) is 22.6. The van der Waals surface area contributed by atoms with Gasteiger partial charge < -0.3 is 20.3 Å². The van der Waals surface area contributed by atoms with Gasteiger partial charge in [0.25, 0.3) is 11.6 Å². The number of hydrogen-bond donors (Lipinski definition) is 4. The molecule has 0 saturated carbocycles. The van der Waals surface area contributed by atoms with E-state index in [0.29, 0.717) is 33.4 Å². The van der Waals surface area contributed by atoms with Crippen molar-refractivity contribution in [2.24, 2.45) is 4.99 Å². The fourth-order valence-electron chi connectivity index (χ4n) is 5.33. The van der Waals surface area contributed by atoms with Crippen molar-refractivity contribution in [3.63, 3.8) is 0 Å². The van der Waals surface area contributed by atoms with Gasteiger partial charge in [-0.2, -0.15) is 0 Å². The molecule has 0 radical (unpaired) electrons. The molecule has 3 aromatic carbocycles. The van der Waals surface area contributed by atoms with Crippen molar-refractivity contribution in [2.45, 2.75) is 19.3 Å². The van der Waals surface area contributed by atoms with E-state index >= 15 is 0 Å². The summed E-state index contributed by atoms with van der Waals surface area (Å²) in [6, 6.07) is 18.8. The summed E-state index contributed by atoms with van der Waals surface area (Å²) in [7, 11) is 0. The molecule has 2 aliphatic heterocycles. The van der Waals surface area contributed by atoms with E-state index in [1.54, 1.807) is 36.4 Å². The highest BCUT2D eigenvalue weighted by atomic mass is 16.6. The van der Waals surface area contributed by atoms with E-state index in [2.05, 4.69) is 20.5 Å². The van der Waals surface area contributed by atoms with Crippen molar-refractivity contribution in [1.82, 2.24) is 20.5 Å². The Balaban J connectivity index is 1.38. The van der Waals surface area contributed by atoms with Crippen molar-refractivity contribution in [1.29, 1.82) is 0 Å². The second-order valence-electron chi connectivity index (χ2n) is 10.3. The van der Waals surface area contributed by atoms with E-state index in [0.717, 1.165) is 31.6 Å². The molecule has 11 nitrogen and oxygen atoms in total. The maximum Gasteiger partial charge on any atom is 0.326 e. The number of nitrogens with zero attached hydrogens (tertiary/aromatic N) is 3. The number of aromatic nitrogens is 1. The van der Waals surface area contributed by atoms with Crippen LogP contribution in [0, 0.1) is 10.1 Å². The second kappa shape index (κ2) is 11.3. The fourth-order valence-corrected chi connectivity index (χ4v) is 5.33. The van der Waals surface area contributed by atoms with E-state index in [4.69, 9.17) is 4.99 Å². The smallest absolute Gasteiger partial charge is 0.326 e. The van der Waals surface area contributed by atoms with Gasteiger partial charge in [-0.25, -0.2) is 9.79 Å². The third kappa shape index (κ3) is 5.63. The number of H-pyrrole nitrogens is 1. The van der Waals surface area contributed by atoms with Crippen LogP contribution in [0.2, 0.25) is 0 Å². The molecule has 0 aliphatic carbocycles. The van der Waals surface area contributed by atoms with Gasteiger partial charge in [0.05, 0.1) is 21.9 Å². The van der Waals surface area contributed by atoms with Crippen molar-refractivity contribution in [2.75, 3.05) is 19.6 Å². The number of aromatic amines is 1. The third-order valence-corrected chi connectivity index (χ3v) is 7.52. The zero-order chi connectivity index (χ0) is 29.2. The van der Waals surface area contributed by atoms with E-state index in [1.807, 2.05) is 24.3 Å². The fraction of sp³-hybridized carbons (Fsp3) is 0.194. The Morgan fingerprint density at radius 3 is 2.40 bits per heavy atom. The Morgan fingerprint density at radius 2 is 1.74 bits per heavy atom. The molecule has 2 saturated heterocycles. The molecular formula is C31H28N6O5. The molecule has 2 aliphatic rings. The van der Waals surface area contributed by atoms with Crippen LogP contribution < -0.4 is 10.6 Å². The highest BCUT2D eigenvalue weighted by molar-refractivity contribution is 6.22. The summed E-state index contributed by atoms with van der Waals surface area (Å²) < 4.78 is 0. The summed E-state index contributed by atoms with van der Waals surface area (Å²) in [5.41, 5.74) is 4.55. The number of urea groups is 1. The summed E-state index contributed by atoms with van der Waals surface area (Å²) in [6.45, 7) is 3.28. The molecule has 212 valence electrons. The lowest BCUT2D eigenvalue weighted by molar-refractivity contribution is -0.384. The van der Waals surface area contributed by atoms with E-state index in [9.17, 15) is 24.8 Å². The number of likely N-dealkylation sites (tertiary alicyclic amines) is 1. The summed E-state index contributed by atoms with van der Waals surface area (Å²) in [4.78, 5) is 44.6. The van der Waals surface area contributed by atoms with Crippen molar-refractivity contribution in [3.05, 3.63) is 105 Å². The normalized spacial score (nSPS) is 16.8. The number of non-ortho nitro benzene ring substituents is 1. The number of aliphatic imine (C=N–C) groups is 1. The molecule has 4 N–H and O–H groups in total. The van der Waals surface area contributed by atoms with Crippen LogP contribution in [0.5, 0.6) is 5.88 Å². The Labute approximate surface area is 240 Å². The van der Waals surface area contributed by atoms with Crippen molar-refractivity contribution >= 4 is 46.0 Å². The lowest BCUT2D eigenvalue weighted by Gasteiger charge is -2.14. The first-order valence-corrected chi connectivity index (χ1v) is 13.7. The minimum Gasteiger partial charge on any atom is -0.494 e. The Kier molecular flexibility index (Phi) is 7.24. The Bertz CT molecular complexity index is 1750. The summed E-state index contributed by atoms with van der Waals surface area (Å²) in [5, 5.41) is 27.6. The van der Waals surface area contributed by atoms with Crippen LogP contribution in [-0.4, -0.2) is 57.2 Å². The van der Waals surface area contributed by atoms with Gasteiger partial charge in [-0.1, -0.05) is 36.4 Å². The van der Waals surface area contributed by atoms with E-state index in [-0.39, 0.29) is 17.3 Å². The molecule has 0 unspecified atom stereocenters. The van der Waals surface area contributed by atoms with Gasteiger partial charge in [0.15, 0.2) is 5.88 Å². The highest BCUT2D eigenvalue weighted by Crippen LogP contribution is 2.34. The molecule has 0 bridgehead atoms. The number of nitrogens with one attached hydrogen (secondary N) is 3. The van der Waals surface area contributed by atoms with Gasteiger partial charge in [0.2, 0.25) is 0 Å². The van der Waals surface area contributed by atoms with Gasteiger partial charge in [-0.3, -0.25) is 20.2 Å².